The minimum Gasteiger partial charge on any atom is -0.481 e. The molecule has 0 saturated heterocycles. The van der Waals surface area contributed by atoms with Gasteiger partial charge >= 0.3 is 0 Å². The SMILES string of the molecule is COc1ccc(-c2nc3ccc(Br)cc3s2)cn1. The highest BCUT2D eigenvalue weighted by molar-refractivity contribution is 9.10. The van der Waals surface area contributed by atoms with Gasteiger partial charge in [-0.05, 0) is 24.3 Å². The molecule has 5 heteroatoms. The average Bonchev–Trinajstić information content (AvgIpc) is 2.81. The summed E-state index contributed by atoms with van der Waals surface area (Å²) in [4.78, 5) is 8.79. The third-order valence-electron chi connectivity index (χ3n) is 2.54. The van der Waals surface area contributed by atoms with Crippen LogP contribution in [0.25, 0.3) is 20.8 Å². The molecule has 0 fully saturated rings. The quantitative estimate of drug-likeness (QED) is 0.712. The van der Waals surface area contributed by atoms with Crippen LogP contribution in [0.3, 0.4) is 0 Å². The molecular formula is C13H9BrN2OS. The molecule has 18 heavy (non-hydrogen) atoms. The summed E-state index contributed by atoms with van der Waals surface area (Å²) >= 11 is 5.12. The van der Waals surface area contributed by atoms with Crippen LogP contribution in [-0.4, -0.2) is 17.1 Å². The maximum atomic E-state index is 5.05. The van der Waals surface area contributed by atoms with E-state index in [2.05, 4.69) is 32.0 Å². The number of benzene rings is 1. The van der Waals surface area contributed by atoms with Gasteiger partial charge in [-0.3, -0.25) is 0 Å². The second-order valence-corrected chi connectivity index (χ2v) is 5.67. The van der Waals surface area contributed by atoms with E-state index >= 15 is 0 Å². The Morgan fingerprint density at radius 3 is 2.83 bits per heavy atom. The van der Waals surface area contributed by atoms with Gasteiger partial charge in [-0.25, -0.2) is 9.97 Å². The molecule has 0 N–H and O–H groups in total. The van der Waals surface area contributed by atoms with E-state index in [9.17, 15) is 0 Å². The number of pyridine rings is 1. The van der Waals surface area contributed by atoms with Gasteiger partial charge in [0, 0.05) is 22.3 Å². The summed E-state index contributed by atoms with van der Waals surface area (Å²) < 4.78 is 7.28. The van der Waals surface area contributed by atoms with Crippen molar-refractivity contribution in [3.63, 3.8) is 0 Å². The van der Waals surface area contributed by atoms with Crippen molar-refractivity contribution in [1.82, 2.24) is 9.97 Å². The lowest BCUT2D eigenvalue weighted by molar-refractivity contribution is 0.398. The van der Waals surface area contributed by atoms with Crippen molar-refractivity contribution in [3.8, 4) is 16.5 Å². The molecule has 0 saturated carbocycles. The molecule has 0 aliphatic heterocycles. The Bertz CT molecular complexity index is 694. The molecule has 0 aliphatic carbocycles. The average molecular weight is 321 g/mol. The van der Waals surface area contributed by atoms with Crippen LogP contribution >= 0.6 is 27.3 Å². The smallest absolute Gasteiger partial charge is 0.212 e. The van der Waals surface area contributed by atoms with E-state index in [1.807, 2.05) is 24.3 Å². The van der Waals surface area contributed by atoms with Crippen molar-refractivity contribution in [3.05, 3.63) is 41.0 Å². The largest absolute Gasteiger partial charge is 0.481 e. The van der Waals surface area contributed by atoms with E-state index in [1.165, 1.54) is 0 Å². The van der Waals surface area contributed by atoms with Gasteiger partial charge in [0.15, 0.2) is 0 Å². The van der Waals surface area contributed by atoms with Crippen molar-refractivity contribution < 1.29 is 4.74 Å². The first-order valence-electron chi connectivity index (χ1n) is 5.33. The molecule has 3 aromatic rings. The number of hydrogen-bond donors (Lipinski definition) is 0. The summed E-state index contributed by atoms with van der Waals surface area (Å²) in [6, 6.07) is 9.90. The van der Waals surface area contributed by atoms with Gasteiger partial charge < -0.3 is 4.74 Å². The number of halogens is 1. The van der Waals surface area contributed by atoms with Gasteiger partial charge in [-0.15, -0.1) is 11.3 Å². The third-order valence-corrected chi connectivity index (χ3v) is 4.10. The van der Waals surface area contributed by atoms with E-state index in [1.54, 1.807) is 24.6 Å². The highest BCUT2D eigenvalue weighted by Gasteiger charge is 2.07. The van der Waals surface area contributed by atoms with E-state index in [0.29, 0.717) is 5.88 Å². The molecule has 0 spiro atoms. The van der Waals surface area contributed by atoms with Gasteiger partial charge in [0.25, 0.3) is 0 Å². The fourth-order valence-corrected chi connectivity index (χ4v) is 3.16. The molecule has 3 nitrogen and oxygen atoms in total. The molecule has 3 rings (SSSR count). The summed E-state index contributed by atoms with van der Waals surface area (Å²) in [5, 5.41) is 0.971. The summed E-state index contributed by atoms with van der Waals surface area (Å²) in [5.41, 5.74) is 2.02. The Morgan fingerprint density at radius 1 is 1.22 bits per heavy atom. The number of methoxy groups -OCH3 is 1. The number of hydrogen-bond acceptors (Lipinski definition) is 4. The summed E-state index contributed by atoms with van der Waals surface area (Å²) in [6.07, 6.45) is 1.78. The highest BCUT2D eigenvalue weighted by Crippen LogP contribution is 2.31. The summed E-state index contributed by atoms with van der Waals surface area (Å²) in [5.74, 6) is 0.614. The zero-order valence-corrected chi connectivity index (χ0v) is 12.0. The molecule has 0 bridgehead atoms. The summed E-state index contributed by atoms with van der Waals surface area (Å²) in [7, 11) is 1.61. The van der Waals surface area contributed by atoms with Crippen LogP contribution in [0.1, 0.15) is 0 Å². The molecule has 0 unspecified atom stereocenters. The lowest BCUT2D eigenvalue weighted by Gasteiger charge is -1.98. The monoisotopic (exact) mass is 320 g/mol. The molecule has 0 amide bonds. The second-order valence-electron chi connectivity index (χ2n) is 3.72. The predicted molar refractivity (Wildman–Crippen MR) is 77.1 cm³/mol. The molecule has 0 radical (unpaired) electrons. The predicted octanol–water partition coefficient (Wildman–Crippen LogP) is 4.13. The van der Waals surface area contributed by atoms with Crippen LogP contribution in [0.5, 0.6) is 5.88 Å². The van der Waals surface area contributed by atoms with Gasteiger partial charge in [-0.1, -0.05) is 15.9 Å². The summed E-state index contributed by atoms with van der Waals surface area (Å²) in [6.45, 7) is 0. The topological polar surface area (TPSA) is 35.0 Å². The van der Waals surface area contributed by atoms with Crippen molar-refractivity contribution in [2.75, 3.05) is 7.11 Å². The fourth-order valence-electron chi connectivity index (χ4n) is 1.65. The van der Waals surface area contributed by atoms with E-state index in [0.717, 1.165) is 25.3 Å². The number of rotatable bonds is 2. The van der Waals surface area contributed by atoms with Gasteiger partial charge in [-0.2, -0.15) is 0 Å². The minimum atomic E-state index is 0.614. The minimum absolute atomic E-state index is 0.614. The first-order chi connectivity index (χ1) is 8.76. The van der Waals surface area contributed by atoms with Crippen molar-refractivity contribution in [1.29, 1.82) is 0 Å². The van der Waals surface area contributed by atoms with Crippen LogP contribution in [-0.2, 0) is 0 Å². The normalized spacial score (nSPS) is 10.8. The molecule has 0 aliphatic rings. The number of thiazole rings is 1. The number of aromatic nitrogens is 2. The maximum absolute atomic E-state index is 5.05. The first-order valence-corrected chi connectivity index (χ1v) is 6.94. The van der Waals surface area contributed by atoms with Gasteiger partial charge in [0.1, 0.15) is 5.01 Å². The van der Waals surface area contributed by atoms with Crippen LogP contribution < -0.4 is 4.74 Å². The van der Waals surface area contributed by atoms with E-state index in [4.69, 9.17) is 4.74 Å². The fraction of sp³-hybridized carbons (Fsp3) is 0.0769. The molecule has 2 aromatic heterocycles. The van der Waals surface area contributed by atoms with E-state index in [-0.39, 0.29) is 0 Å². The maximum Gasteiger partial charge on any atom is 0.212 e. The zero-order valence-electron chi connectivity index (χ0n) is 9.55. The zero-order chi connectivity index (χ0) is 12.5. The van der Waals surface area contributed by atoms with Crippen molar-refractivity contribution in [2.24, 2.45) is 0 Å². The molecular weight excluding hydrogens is 312 g/mol. The highest BCUT2D eigenvalue weighted by atomic mass is 79.9. The lowest BCUT2D eigenvalue weighted by Crippen LogP contribution is -1.86. The van der Waals surface area contributed by atoms with Crippen molar-refractivity contribution >= 4 is 37.5 Å². The number of fused-ring (bicyclic) bond motifs is 1. The number of ether oxygens (including phenoxy) is 1. The number of nitrogens with zero attached hydrogens (tertiary/aromatic N) is 2. The Labute approximate surface area is 117 Å². The van der Waals surface area contributed by atoms with Crippen LogP contribution in [0.4, 0.5) is 0 Å². The Balaban J connectivity index is 2.07. The standard InChI is InChI=1S/C13H9BrN2OS/c1-17-12-5-2-8(7-15-12)13-16-10-4-3-9(14)6-11(10)18-13/h2-7H,1H3. The molecule has 90 valence electrons. The van der Waals surface area contributed by atoms with Gasteiger partial charge in [0.05, 0.1) is 17.3 Å². The second kappa shape index (κ2) is 4.66. The molecule has 2 heterocycles. The molecule has 1 aromatic carbocycles. The van der Waals surface area contributed by atoms with E-state index < -0.39 is 0 Å². The Kier molecular flexibility index (Phi) is 3.01. The third kappa shape index (κ3) is 2.11. The van der Waals surface area contributed by atoms with Gasteiger partial charge in [0.2, 0.25) is 5.88 Å². The molecule has 0 atom stereocenters. The van der Waals surface area contributed by atoms with Crippen LogP contribution in [0, 0.1) is 0 Å². The van der Waals surface area contributed by atoms with Crippen molar-refractivity contribution in [2.45, 2.75) is 0 Å². The Hall–Kier alpha value is -1.46. The van der Waals surface area contributed by atoms with Crippen LogP contribution in [0.2, 0.25) is 0 Å². The first kappa shape index (κ1) is 11.6. The lowest BCUT2D eigenvalue weighted by atomic mass is 10.3. The van der Waals surface area contributed by atoms with Crippen LogP contribution in [0.15, 0.2) is 41.0 Å². The Morgan fingerprint density at radius 2 is 2.11 bits per heavy atom.